The average Bonchev–Trinajstić information content (AvgIpc) is 2.92. The lowest BCUT2D eigenvalue weighted by Crippen LogP contribution is -2.49. The Hall–Kier alpha value is -3.71. The summed E-state index contributed by atoms with van der Waals surface area (Å²) in [7, 11) is 3.45. The van der Waals surface area contributed by atoms with Gasteiger partial charge in [-0.15, -0.1) is 0 Å². The van der Waals surface area contributed by atoms with E-state index >= 15 is 0 Å². The quantitative estimate of drug-likeness (QED) is 0.469. The number of anilines is 2. The van der Waals surface area contributed by atoms with Gasteiger partial charge in [-0.05, 0) is 54.5 Å². The molecule has 1 fully saturated rings. The first-order valence-corrected chi connectivity index (χ1v) is 12.8. The Morgan fingerprint density at radius 2 is 1.67 bits per heavy atom. The van der Waals surface area contributed by atoms with Crippen molar-refractivity contribution in [3.05, 3.63) is 88.3 Å². The fourth-order valence-corrected chi connectivity index (χ4v) is 5.72. The fourth-order valence-electron chi connectivity index (χ4n) is 4.64. The molecular formula is C29H29N3O3S. The third kappa shape index (κ3) is 4.58. The van der Waals surface area contributed by atoms with E-state index in [9.17, 15) is 9.59 Å². The maximum Gasteiger partial charge on any atom is 0.264 e. The summed E-state index contributed by atoms with van der Waals surface area (Å²) in [5, 5.41) is 0. The van der Waals surface area contributed by atoms with Crippen molar-refractivity contribution in [3.63, 3.8) is 0 Å². The molecule has 1 saturated heterocycles. The van der Waals surface area contributed by atoms with Gasteiger partial charge in [0.2, 0.25) is 0 Å². The van der Waals surface area contributed by atoms with Crippen LogP contribution in [0.25, 0.3) is 6.08 Å². The molecule has 184 valence electrons. The highest BCUT2D eigenvalue weighted by atomic mass is 32.2. The molecule has 3 aromatic rings. The summed E-state index contributed by atoms with van der Waals surface area (Å²) in [4.78, 5) is 33.9. The third-order valence-electron chi connectivity index (χ3n) is 6.77. The Bertz CT molecular complexity index is 1350. The molecule has 2 aliphatic rings. The van der Waals surface area contributed by atoms with Crippen LogP contribution >= 0.6 is 11.8 Å². The first-order chi connectivity index (χ1) is 17.5. The van der Waals surface area contributed by atoms with Gasteiger partial charge in [0.05, 0.1) is 23.4 Å². The van der Waals surface area contributed by atoms with Crippen LogP contribution in [0.2, 0.25) is 0 Å². The van der Waals surface area contributed by atoms with Gasteiger partial charge < -0.3 is 19.4 Å². The lowest BCUT2D eigenvalue weighted by molar-refractivity contribution is -0.114. The van der Waals surface area contributed by atoms with Gasteiger partial charge in [0.15, 0.2) is 0 Å². The molecule has 0 saturated carbocycles. The number of para-hydroxylation sites is 2. The molecule has 0 bridgehead atoms. The highest BCUT2D eigenvalue weighted by Crippen LogP contribution is 2.42. The lowest BCUT2D eigenvalue weighted by atomic mass is 10.1. The Morgan fingerprint density at radius 3 is 2.42 bits per heavy atom. The number of amides is 2. The molecule has 0 atom stereocenters. The zero-order valence-electron chi connectivity index (χ0n) is 20.7. The predicted octanol–water partition coefficient (Wildman–Crippen LogP) is 5.08. The molecule has 6 nitrogen and oxygen atoms in total. The molecule has 2 aliphatic heterocycles. The van der Waals surface area contributed by atoms with Crippen molar-refractivity contribution in [2.75, 3.05) is 50.1 Å². The van der Waals surface area contributed by atoms with E-state index in [1.54, 1.807) is 19.1 Å². The Morgan fingerprint density at radius 1 is 0.944 bits per heavy atom. The second kappa shape index (κ2) is 10.1. The second-order valence-electron chi connectivity index (χ2n) is 8.97. The van der Waals surface area contributed by atoms with E-state index in [0.717, 1.165) is 46.2 Å². The lowest BCUT2D eigenvalue weighted by Gasteiger charge is -2.37. The average molecular weight is 500 g/mol. The van der Waals surface area contributed by atoms with Crippen LogP contribution in [0.5, 0.6) is 5.75 Å². The molecule has 0 spiro atoms. The van der Waals surface area contributed by atoms with Gasteiger partial charge >= 0.3 is 0 Å². The SMILES string of the molecule is COc1ccccc1N1CCN(C(=O)c2ccc3c(c2)N(C)C(=O)C(=Cc2ccccc2C)S3)CC1. The number of ether oxygens (including phenoxy) is 1. The second-order valence-corrected chi connectivity index (χ2v) is 10.0. The van der Waals surface area contributed by atoms with Crippen LogP contribution in [0.15, 0.2) is 76.5 Å². The summed E-state index contributed by atoms with van der Waals surface area (Å²) in [6.07, 6.45) is 1.95. The normalized spacial score (nSPS) is 16.8. The fraction of sp³-hybridized carbons (Fsp3) is 0.241. The number of benzene rings is 3. The number of fused-ring (bicyclic) bond motifs is 1. The summed E-state index contributed by atoms with van der Waals surface area (Å²) < 4.78 is 5.50. The van der Waals surface area contributed by atoms with Crippen LogP contribution in [0.4, 0.5) is 11.4 Å². The van der Waals surface area contributed by atoms with E-state index in [0.29, 0.717) is 23.6 Å². The smallest absolute Gasteiger partial charge is 0.264 e. The van der Waals surface area contributed by atoms with E-state index < -0.39 is 0 Å². The monoisotopic (exact) mass is 499 g/mol. The molecule has 2 heterocycles. The number of carbonyl (C=O) groups excluding carboxylic acids is 2. The van der Waals surface area contributed by atoms with Crippen molar-refractivity contribution < 1.29 is 14.3 Å². The van der Waals surface area contributed by atoms with Crippen molar-refractivity contribution >= 4 is 41.0 Å². The Balaban J connectivity index is 1.31. The largest absolute Gasteiger partial charge is 0.495 e. The van der Waals surface area contributed by atoms with Crippen LogP contribution in [-0.2, 0) is 4.79 Å². The maximum absolute atomic E-state index is 13.3. The molecule has 7 heteroatoms. The van der Waals surface area contributed by atoms with Crippen LogP contribution < -0.4 is 14.5 Å². The number of methoxy groups -OCH3 is 1. The van der Waals surface area contributed by atoms with Gasteiger partial charge in [-0.25, -0.2) is 0 Å². The minimum Gasteiger partial charge on any atom is -0.495 e. The molecule has 0 N–H and O–H groups in total. The van der Waals surface area contributed by atoms with Crippen molar-refractivity contribution in [1.82, 2.24) is 4.90 Å². The molecule has 0 radical (unpaired) electrons. The predicted molar refractivity (Wildman–Crippen MR) is 146 cm³/mol. The van der Waals surface area contributed by atoms with Gasteiger partial charge in [-0.2, -0.15) is 0 Å². The van der Waals surface area contributed by atoms with Crippen LogP contribution in [0, 0.1) is 6.92 Å². The summed E-state index contributed by atoms with van der Waals surface area (Å²) in [5.41, 5.74) is 4.58. The van der Waals surface area contributed by atoms with Crippen LogP contribution in [0.1, 0.15) is 21.5 Å². The van der Waals surface area contributed by atoms with Gasteiger partial charge in [-0.3, -0.25) is 9.59 Å². The molecule has 36 heavy (non-hydrogen) atoms. The first-order valence-electron chi connectivity index (χ1n) is 12.0. The van der Waals surface area contributed by atoms with E-state index in [1.807, 2.05) is 84.6 Å². The molecule has 3 aromatic carbocycles. The third-order valence-corrected chi connectivity index (χ3v) is 7.85. The summed E-state index contributed by atoms with van der Waals surface area (Å²) in [6.45, 7) is 4.76. The molecular weight excluding hydrogens is 470 g/mol. The zero-order chi connectivity index (χ0) is 25.2. The number of hydrogen-bond donors (Lipinski definition) is 0. The summed E-state index contributed by atoms with van der Waals surface area (Å²) in [5.74, 6) is 0.767. The molecule has 0 unspecified atom stereocenters. The molecule has 2 amide bonds. The first kappa shape index (κ1) is 24.0. The van der Waals surface area contributed by atoms with Gasteiger partial charge in [-0.1, -0.05) is 48.2 Å². The Kier molecular flexibility index (Phi) is 6.74. The Labute approximate surface area is 216 Å². The molecule has 0 aliphatic carbocycles. The minimum atomic E-state index is -0.0641. The number of rotatable bonds is 4. The standard InChI is InChI=1S/C29H29N3O3S/c1-20-8-4-5-9-21(20)19-27-29(34)30(2)24-18-22(12-13-26(24)36-27)28(33)32-16-14-31(15-17-32)23-10-6-7-11-25(23)35-3/h4-13,18-19H,14-17H2,1-3H3. The van der Waals surface area contributed by atoms with Crippen molar-refractivity contribution in [2.45, 2.75) is 11.8 Å². The number of likely N-dealkylation sites (N-methyl/N-ethyl adjacent to an activating group) is 1. The highest BCUT2D eigenvalue weighted by Gasteiger charge is 2.29. The maximum atomic E-state index is 13.3. The van der Waals surface area contributed by atoms with E-state index in [2.05, 4.69) is 4.90 Å². The summed E-state index contributed by atoms with van der Waals surface area (Å²) >= 11 is 1.46. The van der Waals surface area contributed by atoms with Crippen LogP contribution in [-0.4, -0.2) is 57.1 Å². The summed E-state index contributed by atoms with van der Waals surface area (Å²) in [6, 6.07) is 21.7. The number of piperazine rings is 1. The molecule has 0 aromatic heterocycles. The number of aryl methyl sites for hydroxylation is 1. The van der Waals surface area contributed by atoms with Gasteiger partial charge in [0.25, 0.3) is 11.8 Å². The van der Waals surface area contributed by atoms with E-state index in [-0.39, 0.29) is 11.8 Å². The van der Waals surface area contributed by atoms with Crippen molar-refractivity contribution in [3.8, 4) is 5.75 Å². The van der Waals surface area contributed by atoms with E-state index in [4.69, 9.17) is 4.74 Å². The highest BCUT2D eigenvalue weighted by molar-refractivity contribution is 8.04. The van der Waals surface area contributed by atoms with Gasteiger partial charge in [0, 0.05) is 43.7 Å². The minimum absolute atomic E-state index is 0.00965. The number of thioether (sulfide) groups is 1. The number of carbonyl (C=O) groups is 2. The number of nitrogens with zero attached hydrogens (tertiary/aromatic N) is 3. The van der Waals surface area contributed by atoms with Crippen molar-refractivity contribution in [2.24, 2.45) is 0 Å². The van der Waals surface area contributed by atoms with Gasteiger partial charge in [0.1, 0.15) is 5.75 Å². The van der Waals surface area contributed by atoms with Crippen LogP contribution in [0.3, 0.4) is 0 Å². The molecule has 5 rings (SSSR count). The number of hydrogen-bond acceptors (Lipinski definition) is 5. The topological polar surface area (TPSA) is 53.1 Å². The zero-order valence-corrected chi connectivity index (χ0v) is 21.5. The van der Waals surface area contributed by atoms with E-state index in [1.165, 1.54) is 11.8 Å². The van der Waals surface area contributed by atoms with Crippen molar-refractivity contribution in [1.29, 1.82) is 0 Å².